The van der Waals surface area contributed by atoms with E-state index in [1.165, 1.54) is 12.1 Å². The molecule has 104 valence electrons. The second kappa shape index (κ2) is 5.17. The third kappa shape index (κ3) is 3.04. The van der Waals surface area contributed by atoms with E-state index in [0.717, 1.165) is 24.9 Å². The first-order valence-electron chi connectivity index (χ1n) is 6.45. The van der Waals surface area contributed by atoms with E-state index in [9.17, 15) is 4.39 Å². The van der Waals surface area contributed by atoms with Crippen molar-refractivity contribution in [2.45, 2.75) is 38.8 Å². The number of hydrogen-bond acceptors (Lipinski definition) is 3. The van der Waals surface area contributed by atoms with Gasteiger partial charge in [0.25, 0.3) is 0 Å². The molecule has 0 unspecified atom stereocenters. The lowest BCUT2D eigenvalue weighted by Crippen LogP contribution is -2.37. The minimum atomic E-state index is -0.365. The summed E-state index contributed by atoms with van der Waals surface area (Å²) in [6.45, 7) is 6.09. The van der Waals surface area contributed by atoms with Crippen molar-refractivity contribution in [3.8, 4) is 0 Å². The number of rotatable bonds is 3. The average Bonchev–Trinajstić information content (AvgIpc) is 2.67. The minimum absolute atomic E-state index is 0.0681. The van der Waals surface area contributed by atoms with Crippen molar-refractivity contribution in [2.24, 2.45) is 10.9 Å². The second-order valence-electron chi connectivity index (χ2n) is 5.67. The Morgan fingerprint density at radius 2 is 2.21 bits per heavy atom. The third-order valence-corrected chi connectivity index (χ3v) is 3.81. The van der Waals surface area contributed by atoms with Crippen molar-refractivity contribution in [2.75, 3.05) is 6.54 Å². The maximum atomic E-state index is 13.6. The highest BCUT2D eigenvalue weighted by molar-refractivity contribution is 5.97. The Labute approximate surface area is 112 Å². The van der Waals surface area contributed by atoms with E-state index in [1.807, 2.05) is 0 Å². The first kappa shape index (κ1) is 13.8. The van der Waals surface area contributed by atoms with Gasteiger partial charge in [0.15, 0.2) is 5.84 Å². The van der Waals surface area contributed by atoms with E-state index < -0.39 is 0 Å². The molecule has 0 spiro atoms. The Morgan fingerprint density at radius 3 is 2.79 bits per heavy atom. The van der Waals surface area contributed by atoms with E-state index in [2.05, 4.69) is 23.9 Å². The summed E-state index contributed by atoms with van der Waals surface area (Å²) in [5, 5.41) is 11.6. The molecule has 1 heterocycles. The number of likely N-dealkylation sites (tertiary alicyclic amines) is 1. The Balaban J connectivity index is 2.23. The van der Waals surface area contributed by atoms with Crippen LogP contribution in [0, 0.1) is 5.82 Å². The molecular weight excluding hydrogens is 245 g/mol. The smallest absolute Gasteiger partial charge is 0.170 e. The molecule has 0 radical (unpaired) electrons. The molecule has 5 heteroatoms. The van der Waals surface area contributed by atoms with Crippen LogP contribution in [0.1, 0.15) is 37.8 Å². The molecule has 19 heavy (non-hydrogen) atoms. The largest absolute Gasteiger partial charge is 0.409 e. The highest BCUT2D eigenvalue weighted by atomic mass is 19.1. The van der Waals surface area contributed by atoms with Gasteiger partial charge in [0, 0.05) is 17.6 Å². The highest BCUT2D eigenvalue weighted by Crippen LogP contribution is 2.29. The van der Waals surface area contributed by atoms with E-state index in [1.54, 1.807) is 6.07 Å². The molecule has 1 fully saturated rings. The lowest BCUT2D eigenvalue weighted by molar-refractivity contribution is 0.166. The van der Waals surface area contributed by atoms with Crippen LogP contribution in [0.15, 0.2) is 23.4 Å². The van der Waals surface area contributed by atoms with Crippen LogP contribution in [-0.2, 0) is 6.54 Å². The predicted octanol–water partition coefficient (Wildman–Crippen LogP) is 2.29. The Kier molecular flexibility index (Phi) is 3.75. The van der Waals surface area contributed by atoms with Gasteiger partial charge in [-0.15, -0.1) is 0 Å². The molecule has 3 N–H and O–H groups in total. The molecule has 1 aliphatic rings. The van der Waals surface area contributed by atoms with E-state index in [0.29, 0.717) is 12.1 Å². The maximum Gasteiger partial charge on any atom is 0.170 e. The number of oxime groups is 1. The molecular formula is C14H20FN3O. The normalized spacial score (nSPS) is 19.8. The molecule has 2 rings (SSSR count). The first-order chi connectivity index (χ1) is 8.92. The summed E-state index contributed by atoms with van der Waals surface area (Å²) in [7, 11) is 0. The van der Waals surface area contributed by atoms with Crippen molar-refractivity contribution in [3.05, 3.63) is 35.1 Å². The molecule has 0 amide bonds. The first-order valence-corrected chi connectivity index (χ1v) is 6.45. The van der Waals surface area contributed by atoms with Crippen LogP contribution in [0.3, 0.4) is 0 Å². The maximum absolute atomic E-state index is 13.6. The summed E-state index contributed by atoms with van der Waals surface area (Å²) in [6, 6.07) is 4.54. The fraction of sp³-hybridized carbons (Fsp3) is 0.500. The summed E-state index contributed by atoms with van der Waals surface area (Å²) >= 11 is 0. The molecule has 0 atom stereocenters. The number of benzene rings is 1. The monoisotopic (exact) mass is 265 g/mol. The number of halogens is 1. The van der Waals surface area contributed by atoms with Gasteiger partial charge in [0.05, 0.1) is 0 Å². The Bertz CT molecular complexity index is 499. The molecule has 1 aromatic rings. The molecule has 1 aliphatic heterocycles. The zero-order valence-corrected chi connectivity index (χ0v) is 11.4. The molecule has 1 aromatic carbocycles. The number of amidine groups is 1. The molecule has 4 nitrogen and oxygen atoms in total. The average molecular weight is 265 g/mol. The van der Waals surface area contributed by atoms with E-state index in [-0.39, 0.29) is 17.2 Å². The van der Waals surface area contributed by atoms with Crippen LogP contribution in [0.25, 0.3) is 0 Å². The number of nitrogens with two attached hydrogens (primary N) is 1. The second-order valence-corrected chi connectivity index (χ2v) is 5.67. The zero-order valence-electron chi connectivity index (χ0n) is 11.4. The van der Waals surface area contributed by atoms with Crippen molar-refractivity contribution < 1.29 is 9.60 Å². The van der Waals surface area contributed by atoms with Crippen LogP contribution in [0.2, 0.25) is 0 Å². The van der Waals surface area contributed by atoms with Gasteiger partial charge < -0.3 is 10.9 Å². The van der Waals surface area contributed by atoms with E-state index >= 15 is 0 Å². The molecule has 0 aromatic heterocycles. The van der Waals surface area contributed by atoms with Gasteiger partial charge in [-0.2, -0.15) is 0 Å². The standard InChI is InChI=1S/C14H20FN3O/c1-14(2)4-3-5-18(14)9-10-6-11(13(16)17-19)8-12(15)7-10/h6-8,19H,3-5,9H2,1-2H3,(H2,16,17). The van der Waals surface area contributed by atoms with Gasteiger partial charge in [0.2, 0.25) is 0 Å². The molecule has 0 aliphatic carbocycles. The topological polar surface area (TPSA) is 61.8 Å². The highest BCUT2D eigenvalue weighted by Gasteiger charge is 2.31. The van der Waals surface area contributed by atoms with Gasteiger partial charge in [-0.1, -0.05) is 5.16 Å². The summed E-state index contributed by atoms with van der Waals surface area (Å²) in [5.74, 6) is -0.433. The van der Waals surface area contributed by atoms with Crippen molar-refractivity contribution in [3.63, 3.8) is 0 Å². The lowest BCUT2D eigenvalue weighted by atomic mass is 10.0. The summed E-state index contributed by atoms with van der Waals surface area (Å²) in [5.41, 5.74) is 6.91. The summed E-state index contributed by atoms with van der Waals surface area (Å²) in [6.07, 6.45) is 2.31. The van der Waals surface area contributed by atoms with Crippen LogP contribution >= 0.6 is 0 Å². The SMILES string of the molecule is CC1(C)CCCN1Cc1cc(F)cc(/C(N)=N/O)c1. The lowest BCUT2D eigenvalue weighted by Gasteiger charge is -2.31. The van der Waals surface area contributed by atoms with Gasteiger partial charge in [-0.3, -0.25) is 4.90 Å². The third-order valence-electron chi connectivity index (χ3n) is 3.81. The molecule has 0 bridgehead atoms. The summed E-state index contributed by atoms with van der Waals surface area (Å²) < 4.78 is 13.6. The van der Waals surface area contributed by atoms with E-state index in [4.69, 9.17) is 10.9 Å². The van der Waals surface area contributed by atoms with Gasteiger partial charge in [-0.05, 0) is 57.0 Å². The van der Waals surface area contributed by atoms with Crippen LogP contribution in [0.4, 0.5) is 4.39 Å². The van der Waals surface area contributed by atoms with Crippen LogP contribution in [0.5, 0.6) is 0 Å². The molecule has 1 saturated heterocycles. The van der Waals surface area contributed by atoms with Gasteiger partial charge >= 0.3 is 0 Å². The summed E-state index contributed by atoms with van der Waals surface area (Å²) in [4.78, 5) is 2.33. The fourth-order valence-corrected chi connectivity index (χ4v) is 2.62. The van der Waals surface area contributed by atoms with Gasteiger partial charge in [0.1, 0.15) is 5.82 Å². The Morgan fingerprint density at radius 1 is 1.47 bits per heavy atom. The fourth-order valence-electron chi connectivity index (χ4n) is 2.62. The van der Waals surface area contributed by atoms with Crippen molar-refractivity contribution in [1.82, 2.24) is 4.90 Å². The van der Waals surface area contributed by atoms with Crippen LogP contribution in [-0.4, -0.2) is 28.0 Å². The van der Waals surface area contributed by atoms with Gasteiger partial charge in [-0.25, -0.2) is 4.39 Å². The quantitative estimate of drug-likeness (QED) is 0.381. The molecule has 0 saturated carbocycles. The zero-order chi connectivity index (χ0) is 14.0. The predicted molar refractivity (Wildman–Crippen MR) is 72.6 cm³/mol. The number of hydrogen-bond donors (Lipinski definition) is 2. The van der Waals surface area contributed by atoms with Crippen molar-refractivity contribution in [1.29, 1.82) is 0 Å². The van der Waals surface area contributed by atoms with Crippen LogP contribution < -0.4 is 5.73 Å². The Hall–Kier alpha value is -1.62. The minimum Gasteiger partial charge on any atom is -0.409 e. The van der Waals surface area contributed by atoms with Crippen molar-refractivity contribution >= 4 is 5.84 Å². The number of nitrogens with zero attached hydrogens (tertiary/aromatic N) is 2.